The number of fused-ring (bicyclic) bond motifs is 5. The number of nitrogens with zero attached hydrogens (tertiary/aromatic N) is 1. The molecule has 1 heterocycles. The molecule has 11 aromatic rings. The minimum Gasteiger partial charge on any atom is -0.455 e. The number of anilines is 3. The predicted octanol–water partition coefficient (Wildman–Crippen LogP) is 16.0. The van der Waals surface area contributed by atoms with Gasteiger partial charge in [0.25, 0.3) is 0 Å². The molecule has 0 bridgehead atoms. The molecular weight excluding hydrogens is 703 g/mol. The van der Waals surface area contributed by atoms with Gasteiger partial charge in [-0.05, 0) is 91.3 Å². The summed E-state index contributed by atoms with van der Waals surface area (Å²) >= 11 is 0. The van der Waals surface area contributed by atoms with Gasteiger partial charge in [0.05, 0.1) is 11.2 Å². The summed E-state index contributed by atoms with van der Waals surface area (Å²) in [5, 5.41) is 6.25. The minimum atomic E-state index is -0.140. The molecule has 0 spiro atoms. The Morgan fingerprint density at radius 2 is 0.810 bits per heavy atom. The normalized spacial score (nSPS) is 12.4. The maximum atomic E-state index is 9.71. The summed E-state index contributed by atoms with van der Waals surface area (Å²) in [6, 6.07) is 66.7. The van der Waals surface area contributed by atoms with Crippen LogP contribution in [0, 0.1) is 0 Å². The Hall–Kier alpha value is -7.68. The molecule has 2 heteroatoms. The Bertz CT molecular complexity index is 3480. The zero-order valence-corrected chi connectivity index (χ0v) is 31.4. The molecule has 11 rings (SSSR count). The molecule has 0 saturated heterocycles. The standard InChI is InChI=1S/C56H37NO/c1-3-16-46-40(12-1)14-9-20-48(46)42-28-26-38(27-29-42)39-30-34-44(35-31-39)57(45-36-32-43(33-37-45)49-21-10-15-41-13-2-4-17-47(41)49)54-24-7-5-18-50(54)52-22-11-23-53-51-19-6-8-25-55(51)58-56(52)53/h1-37H/i32D,33D,36D,37D. The van der Waals surface area contributed by atoms with Gasteiger partial charge in [-0.15, -0.1) is 0 Å². The molecule has 58 heavy (non-hydrogen) atoms. The van der Waals surface area contributed by atoms with E-state index in [1.54, 1.807) is 0 Å². The molecular formula is C56H37NO. The highest BCUT2D eigenvalue weighted by atomic mass is 16.3. The fraction of sp³-hybridized carbons (Fsp3) is 0. The lowest BCUT2D eigenvalue weighted by Gasteiger charge is -2.28. The van der Waals surface area contributed by atoms with Gasteiger partial charge in [-0.25, -0.2) is 0 Å². The van der Waals surface area contributed by atoms with Crippen molar-refractivity contribution in [3.05, 3.63) is 224 Å². The largest absolute Gasteiger partial charge is 0.455 e. The lowest BCUT2D eigenvalue weighted by Crippen LogP contribution is -2.11. The van der Waals surface area contributed by atoms with Crippen molar-refractivity contribution in [3.63, 3.8) is 0 Å². The van der Waals surface area contributed by atoms with Crippen LogP contribution in [-0.2, 0) is 0 Å². The summed E-state index contributed by atoms with van der Waals surface area (Å²) in [6.07, 6.45) is 0. The maximum absolute atomic E-state index is 9.71. The molecule has 0 fully saturated rings. The van der Waals surface area contributed by atoms with Crippen LogP contribution in [0.15, 0.2) is 229 Å². The van der Waals surface area contributed by atoms with E-state index in [1.807, 2.05) is 114 Å². The van der Waals surface area contributed by atoms with Gasteiger partial charge in [0.2, 0.25) is 0 Å². The van der Waals surface area contributed by atoms with Gasteiger partial charge in [-0.1, -0.05) is 188 Å². The fourth-order valence-electron chi connectivity index (χ4n) is 8.36. The van der Waals surface area contributed by atoms with Crippen molar-refractivity contribution in [1.82, 2.24) is 0 Å². The van der Waals surface area contributed by atoms with E-state index >= 15 is 0 Å². The number of rotatable bonds is 7. The van der Waals surface area contributed by atoms with Crippen molar-refractivity contribution in [2.24, 2.45) is 0 Å². The average molecular weight is 744 g/mol. The van der Waals surface area contributed by atoms with Gasteiger partial charge in [0.15, 0.2) is 0 Å². The number of para-hydroxylation sites is 3. The third-order valence-corrected chi connectivity index (χ3v) is 11.2. The van der Waals surface area contributed by atoms with Crippen molar-refractivity contribution in [2.45, 2.75) is 0 Å². The van der Waals surface area contributed by atoms with Gasteiger partial charge in [-0.3, -0.25) is 0 Å². The minimum absolute atomic E-state index is 0.109. The van der Waals surface area contributed by atoms with Gasteiger partial charge in [-0.2, -0.15) is 0 Å². The quantitative estimate of drug-likeness (QED) is 0.162. The van der Waals surface area contributed by atoms with Gasteiger partial charge < -0.3 is 9.32 Å². The van der Waals surface area contributed by atoms with Crippen LogP contribution >= 0.6 is 0 Å². The van der Waals surface area contributed by atoms with E-state index in [2.05, 4.69) is 91.0 Å². The SMILES string of the molecule is [2H]c1c([2H])c(N(c2ccc(-c3ccc(-c4cccc5ccccc45)cc3)cc2)c2ccccc2-c2cccc3c2oc2ccccc23)c([2H])c([2H])c1-c1cccc2ccccc12. The maximum Gasteiger partial charge on any atom is 0.143 e. The second-order valence-electron chi connectivity index (χ2n) is 14.5. The zero-order chi connectivity index (χ0) is 41.9. The van der Waals surface area contributed by atoms with E-state index in [1.165, 1.54) is 16.3 Å². The van der Waals surface area contributed by atoms with Crippen molar-refractivity contribution < 1.29 is 9.90 Å². The van der Waals surface area contributed by atoms with Crippen LogP contribution in [0.25, 0.3) is 88.0 Å². The molecule has 0 aliphatic heterocycles. The molecule has 0 saturated carbocycles. The van der Waals surface area contributed by atoms with Crippen LogP contribution < -0.4 is 4.90 Å². The van der Waals surface area contributed by atoms with Gasteiger partial charge in [0, 0.05) is 33.3 Å². The second-order valence-corrected chi connectivity index (χ2v) is 14.5. The summed E-state index contributed by atoms with van der Waals surface area (Å²) in [6.45, 7) is 0. The molecule has 0 radical (unpaired) electrons. The van der Waals surface area contributed by atoms with E-state index in [9.17, 15) is 5.48 Å². The topological polar surface area (TPSA) is 16.4 Å². The lowest BCUT2D eigenvalue weighted by molar-refractivity contribution is 0.670. The number of benzene rings is 10. The highest BCUT2D eigenvalue weighted by Crippen LogP contribution is 2.45. The Morgan fingerprint density at radius 1 is 0.328 bits per heavy atom. The van der Waals surface area contributed by atoms with Crippen LogP contribution in [0.4, 0.5) is 17.1 Å². The van der Waals surface area contributed by atoms with Gasteiger partial charge >= 0.3 is 0 Å². The van der Waals surface area contributed by atoms with Crippen LogP contribution in [0.3, 0.4) is 0 Å². The van der Waals surface area contributed by atoms with Crippen LogP contribution in [0.1, 0.15) is 5.48 Å². The summed E-state index contributed by atoms with van der Waals surface area (Å²) in [5.74, 6) is 0. The van der Waals surface area contributed by atoms with Crippen LogP contribution in [0.2, 0.25) is 0 Å². The number of hydrogen-bond acceptors (Lipinski definition) is 2. The number of furan rings is 1. The van der Waals surface area contributed by atoms with Crippen molar-refractivity contribution in [3.8, 4) is 44.5 Å². The lowest BCUT2D eigenvalue weighted by atomic mass is 9.96. The summed E-state index contributed by atoms with van der Waals surface area (Å²) in [7, 11) is 0. The number of hydrogen-bond donors (Lipinski definition) is 0. The van der Waals surface area contributed by atoms with Crippen molar-refractivity contribution in [1.29, 1.82) is 0 Å². The van der Waals surface area contributed by atoms with E-state index in [-0.39, 0.29) is 35.4 Å². The first-order valence-electron chi connectivity index (χ1n) is 21.5. The predicted molar refractivity (Wildman–Crippen MR) is 245 cm³/mol. The van der Waals surface area contributed by atoms with Crippen molar-refractivity contribution >= 4 is 60.5 Å². The fourth-order valence-corrected chi connectivity index (χ4v) is 8.36. The summed E-state index contributed by atoms with van der Waals surface area (Å²) < 4.78 is 45.0. The first-order chi connectivity index (χ1) is 30.4. The van der Waals surface area contributed by atoms with E-state index in [0.29, 0.717) is 16.9 Å². The molecule has 1 aromatic heterocycles. The van der Waals surface area contributed by atoms with Crippen molar-refractivity contribution in [2.75, 3.05) is 4.90 Å². The van der Waals surface area contributed by atoms with Crippen LogP contribution in [0.5, 0.6) is 0 Å². The monoisotopic (exact) mass is 743 g/mol. The van der Waals surface area contributed by atoms with E-state index in [4.69, 9.17) is 4.42 Å². The Labute approximate surface area is 343 Å². The molecule has 0 unspecified atom stereocenters. The Balaban J connectivity index is 1.08. The Morgan fingerprint density at radius 3 is 1.52 bits per heavy atom. The molecule has 10 aromatic carbocycles. The third kappa shape index (κ3) is 5.82. The van der Waals surface area contributed by atoms with E-state index < -0.39 is 0 Å². The van der Waals surface area contributed by atoms with E-state index in [0.717, 1.165) is 60.5 Å². The first kappa shape index (κ1) is 29.6. The molecule has 0 amide bonds. The average Bonchev–Trinajstić information content (AvgIpc) is 3.72. The highest BCUT2D eigenvalue weighted by Gasteiger charge is 2.21. The molecule has 2 nitrogen and oxygen atoms in total. The smallest absolute Gasteiger partial charge is 0.143 e. The molecule has 0 aliphatic carbocycles. The highest BCUT2D eigenvalue weighted by molar-refractivity contribution is 6.11. The third-order valence-electron chi connectivity index (χ3n) is 11.2. The van der Waals surface area contributed by atoms with Gasteiger partial charge in [0.1, 0.15) is 11.2 Å². The van der Waals surface area contributed by atoms with Crippen LogP contribution in [-0.4, -0.2) is 0 Å². The summed E-state index contributed by atoms with van der Waals surface area (Å²) in [4.78, 5) is 1.87. The summed E-state index contributed by atoms with van der Waals surface area (Å²) in [5.41, 5.74) is 10.0. The molecule has 0 N–H and O–H groups in total. The zero-order valence-electron chi connectivity index (χ0n) is 35.4. The molecule has 0 aliphatic rings. The molecule has 0 atom stereocenters. The Kier molecular flexibility index (Phi) is 7.20. The first-order valence-corrected chi connectivity index (χ1v) is 19.5. The molecule has 272 valence electrons. The second kappa shape index (κ2) is 14.1.